The van der Waals surface area contributed by atoms with Gasteiger partial charge < -0.3 is 0 Å². The van der Waals surface area contributed by atoms with Crippen LogP contribution in [0.4, 0.5) is 8.78 Å². The van der Waals surface area contributed by atoms with Crippen LogP contribution in [0.25, 0.3) is 0 Å². The van der Waals surface area contributed by atoms with Crippen molar-refractivity contribution in [2.45, 2.75) is 12.8 Å². The second-order valence-electron chi connectivity index (χ2n) is 5.36. The zero-order chi connectivity index (χ0) is 20.5. The Kier molecular flexibility index (Phi) is 8.03. The van der Waals surface area contributed by atoms with Crippen LogP contribution in [-0.2, 0) is 9.59 Å². The van der Waals surface area contributed by atoms with Crippen LogP contribution in [0.2, 0.25) is 10.0 Å². The lowest BCUT2D eigenvalue weighted by molar-refractivity contribution is -0.126. The molecule has 10 heteroatoms. The summed E-state index contributed by atoms with van der Waals surface area (Å²) < 4.78 is 27.1. The van der Waals surface area contributed by atoms with Gasteiger partial charge in [0.2, 0.25) is 11.8 Å². The summed E-state index contributed by atoms with van der Waals surface area (Å²) in [7, 11) is 0. The van der Waals surface area contributed by atoms with Crippen molar-refractivity contribution < 1.29 is 18.4 Å². The summed E-state index contributed by atoms with van der Waals surface area (Å²) in [5, 5.41) is 7.48. The molecule has 0 fully saturated rings. The van der Waals surface area contributed by atoms with Gasteiger partial charge in [-0.25, -0.2) is 19.6 Å². The predicted molar refractivity (Wildman–Crippen MR) is 104 cm³/mol. The van der Waals surface area contributed by atoms with Gasteiger partial charge >= 0.3 is 0 Å². The molecule has 0 aromatic heterocycles. The number of rotatable bonds is 7. The largest absolute Gasteiger partial charge is 0.273 e. The molecule has 0 aliphatic carbocycles. The second-order valence-corrected chi connectivity index (χ2v) is 6.17. The van der Waals surface area contributed by atoms with E-state index in [-0.39, 0.29) is 34.0 Å². The Morgan fingerprint density at radius 1 is 0.821 bits per heavy atom. The van der Waals surface area contributed by atoms with Crippen LogP contribution in [0.1, 0.15) is 24.0 Å². The molecule has 0 bridgehead atoms. The van der Waals surface area contributed by atoms with Crippen molar-refractivity contribution in [3.8, 4) is 0 Å². The topological polar surface area (TPSA) is 82.9 Å². The number of nitrogens with one attached hydrogen (secondary N) is 2. The first-order valence-corrected chi connectivity index (χ1v) is 8.66. The maximum atomic E-state index is 13.5. The molecule has 0 spiro atoms. The molecule has 146 valence electrons. The SMILES string of the molecule is O=C(CCC(=O)NN=Cc1c(F)cccc1Cl)NN=Cc1c(F)cccc1Cl. The van der Waals surface area contributed by atoms with Crippen molar-refractivity contribution in [2.24, 2.45) is 10.2 Å². The fourth-order valence-electron chi connectivity index (χ4n) is 1.94. The standard InChI is InChI=1S/C18H14Cl2F2N4O2/c19-13-3-1-5-15(21)11(13)9-23-25-17(27)7-8-18(28)26-24-10-12-14(20)4-2-6-16(12)22/h1-6,9-10H,7-8H2,(H,25,27)(H,26,28). The first-order valence-electron chi connectivity index (χ1n) is 7.90. The van der Waals surface area contributed by atoms with Crippen LogP contribution >= 0.6 is 23.2 Å². The molecule has 0 unspecified atom stereocenters. The number of carbonyl (C=O) groups excluding carboxylic acids is 2. The minimum absolute atomic E-state index is 0.0309. The average molecular weight is 427 g/mol. The second kappa shape index (κ2) is 10.5. The summed E-state index contributed by atoms with van der Waals surface area (Å²) in [6, 6.07) is 8.24. The number of halogens is 4. The summed E-state index contributed by atoms with van der Waals surface area (Å²) in [5.74, 6) is -2.31. The highest BCUT2D eigenvalue weighted by molar-refractivity contribution is 6.33. The minimum Gasteiger partial charge on any atom is -0.273 e. The van der Waals surface area contributed by atoms with Crippen molar-refractivity contribution in [2.75, 3.05) is 0 Å². The highest BCUT2D eigenvalue weighted by Gasteiger charge is 2.07. The molecule has 0 saturated carbocycles. The monoisotopic (exact) mass is 426 g/mol. The van der Waals surface area contributed by atoms with E-state index in [1.54, 1.807) is 0 Å². The van der Waals surface area contributed by atoms with E-state index in [1.807, 2.05) is 0 Å². The van der Waals surface area contributed by atoms with E-state index in [9.17, 15) is 18.4 Å². The van der Waals surface area contributed by atoms with Crippen molar-refractivity contribution >= 4 is 47.4 Å². The zero-order valence-electron chi connectivity index (χ0n) is 14.3. The molecule has 0 aliphatic heterocycles. The number of carbonyl (C=O) groups is 2. The maximum absolute atomic E-state index is 13.5. The van der Waals surface area contributed by atoms with Crippen molar-refractivity contribution in [1.82, 2.24) is 10.9 Å². The van der Waals surface area contributed by atoms with Crippen LogP contribution in [0.5, 0.6) is 0 Å². The van der Waals surface area contributed by atoms with Crippen molar-refractivity contribution in [3.63, 3.8) is 0 Å². The van der Waals surface area contributed by atoms with E-state index in [2.05, 4.69) is 21.1 Å². The van der Waals surface area contributed by atoms with Crippen molar-refractivity contribution in [3.05, 3.63) is 69.2 Å². The quantitative estimate of drug-likeness (QED) is 0.523. The molecule has 2 amide bonds. The molecule has 0 aliphatic rings. The van der Waals surface area contributed by atoms with Gasteiger partial charge in [-0.1, -0.05) is 35.3 Å². The molecular weight excluding hydrogens is 413 g/mol. The van der Waals surface area contributed by atoms with Gasteiger partial charge in [-0.05, 0) is 24.3 Å². The van der Waals surface area contributed by atoms with Gasteiger partial charge in [-0.15, -0.1) is 0 Å². The fraction of sp³-hybridized carbons (Fsp3) is 0.111. The molecule has 28 heavy (non-hydrogen) atoms. The Bertz CT molecular complexity index is 820. The molecule has 0 atom stereocenters. The van der Waals surface area contributed by atoms with E-state index in [1.165, 1.54) is 36.4 Å². The first kappa shape index (κ1) is 21.5. The zero-order valence-corrected chi connectivity index (χ0v) is 15.8. The van der Waals surface area contributed by atoms with Gasteiger partial charge in [0.1, 0.15) is 11.6 Å². The molecule has 2 N–H and O–H groups in total. The number of hydrazone groups is 2. The summed E-state index contributed by atoms with van der Waals surface area (Å²) in [4.78, 5) is 23.3. The molecule has 0 saturated heterocycles. The predicted octanol–water partition coefficient (Wildman–Crippen LogP) is 3.65. The first-order chi connectivity index (χ1) is 13.4. The third kappa shape index (κ3) is 6.40. The maximum Gasteiger partial charge on any atom is 0.240 e. The van der Waals surface area contributed by atoms with E-state index in [0.29, 0.717) is 0 Å². The number of hydrogen-bond acceptors (Lipinski definition) is 4. The normalized spacial score (nSPS) is 11.1. The Morgan fingerprint density at radius 2 is 1.21 bits per heavy atom. The van der Waals surface area contributed by atoms with E-state index < -0.39 is 23.4 Å². The van der Waals surface area contributed by atoms with Gasteiger partial charge in [0.15, 0.2) is 0 Å². The summed E-state index contributed by atoms with van der Waals surface area (Å²) in [6.07, 6.45) is 1.75. The number of hydrogen-bond donors (Lipinski definition) is 2. The molecule has 0 radical (unpaired) electrons. The Hall–Kier alpha value is -2.84. The van der Waals surface area contributed by atoms with Gasteiger partial charge in [0.05, 0.1) is 22.5 Å². The molecular formula is C18H14Cl2F2N4O2. The lowest BCUT2D eigenvalue weighted by atomic mass is 10.2. The minimum atomic E-state index is -0.585. The van der Waals surface area contributed by atoms with E-state index in [0.717, 1.165) is 12.4 Å². The van der Waals surface area contributed by atoms with Crippen LogP contribution in [0.3, 0.4) is 0 Å². The molecule has 2 aromatic carbocycles. The molecule has 0 heterocycles. The van der Waals surface area contributed by atoms with Gasteiger partial charge in [0.25, 0.3) is 0 Å². The summed E-state index contributed by atoms with van der Waals surface area (Å²) >= 11 is 11.6. The number of nitrogens with zero attached hydrogens (tertiary/aromatic N) is 2. The van der Waals surface area contributed by atoms with Crippen LogP contribution in [-0.4, -0.2) is 24.2 Å². The highest BCUT2D eigenvalue weighted by atomic mass is 35.5. The molecule has 2 rings (SSSR count). The lowest BCUT2D eigenvalue weighted by Gasteiger charge is -2.02. The summed E-state index contributed by atoms with van der Waals surface area (Å²) in [5.41, 5.74) is 4.38. The van der Waals surface area contributed by atoms with E-state index in [4.69, 9.17) is 23.2 Å². The van der Waals surface area contributed by atoms with Gasteiger partial charge in [-0.3, -0.25) is 9.59 Å². The van der Waals surface area contributed by atoms with Gasteiger partial charge in [-0.2, -0.15) is 10.2 Å². The third-order valence-electron chi connectivity index (χ3n) is 3.34. The fourth-order valence-corrected chi connectivity index (χ4v) is 2.37. The van der Waals surface area contributed by atoms with E-state index >= 15 is 0 Å². The molecule has 2 aromatic rings. The number of benzene rings is 2. The smallest absolute Gasteiger partial charge is 0.240 e. The van der Waals surface area contributed by atoms with Crippen LogP contribution in [0.15, 0.2) is 46.6 Å². The Balaban J connectivity index is 1.77. The van der Waals surface area contributed by atoms with Crippen molar-refractivity contribution in [1.29, 1.82) is 0 Å². The molecule has 6 nitrogen and oxygen atoms in total. The third-order valence-corrected chi connectivity index (χ3v) is 4.00. The van der Waals surface area contributed by atoms with Gasteiger partial charge in [0, 0.05) is 24.0 Å². The number of amides is 2. The average Bonchev–Trinajstić information content (AvgIpc) is 2.65. The Morgan fingerprint density at radius 3 is 1.57 bits per heavy atom. The lowest BCUT2D eigenvalue weighted by Crippen LogP contribution is -2.23. The van der Waals surface area contributed by atoms with Crippen LogP contribution in [0, 0.1) is 11.6 Å². The Labute approximate surface area is 169 Å². The van der Waals surface area contributed by atoms with Crippen LogP contribution < -0.4 is 10.9 Å². The summed E-state index contributed by atoms with van der Waals surface area (Å²) in [6.45, 7) is 0. The highest BCUT2D eigenvalue weighted by Crippen LogP contribution is 2.17.